The Morgan fingerprint density at radius 2 is 2.07 bits per heavy atom. The topological polar surface area (TPSA) is 126 Å². The number of nitrogens with zero attached hydrogens (tertiary/aromatic N) is 3. The molecule has 0 unspecified atom stereocenters. The standard InChI is InChI=1S/C19H22FN5O5/c1-21-16(27)13-9-12(20)4-3-11(13)10-22-17(28)14-15(26)18(29)25-6-5-24(7-8-30-2)19(25)23-14/h3-4,9,26H,5-8,10H2,1-2H3,(H,21,27)(H,22,28). The number of methoxy groups -OCH3 is 1. The molecule has 10 nitrogen and oxygen atoms in total. The van der Waals surface area contributed by atoms with Crippen LogP contribution in [-0.2, 0) is 17.8 Å². The van der Waals surface area contributed by atoms with Crippen molar-refractivity contribution < 1.29 is 23.8 Å². The predicted octanol–water partition coefficient (Wildman–Crippen LogP) is -0.156. The number of hydrogen-bond acceptors (Lipinski definition) is 7. The Labute approximate surface area is 171 Å². The third kappa shape index (κ3) is 4.10. The molecule has 3 N–H and O–H groups in total. The van der Waals surface area contributed by atoms with Gasteiger partial charge in [-0.05, 0) is 17.7 Å². The first-order chi connectivity index (χ1) is 14.4. The summed E-state index contributed by atoms with van der Waals surface area (Å²) in [6, 6.07) is 3.60. The first kappa shape index (κ1) is 21.2. The minimum Gasteiger partial charge on any atom is -0.501 e. The van der Waals surface area contributed by atoms with Crippen molar-refractivity contribution in [2.45, 2.75) is 13.1 Å². The summed E-state index contributed by atoms with van der Waals surface area (Å²) in [5.41, 5.74) is -0.699. The summed E-state index contributed by atoms with van der Waals surface area (Å²) in [5, 5.41) is 15.1. The SMILES string of the molecule is CNC(=O)c1cc(F)ccc1CNC(=O)c1nc2n(c(=O)c1O)CCN2CCOC. The van der Waals surface area contributed by atoms with E-state index >= 15 is 0 Å². The normalized spacial score (nSPS) is 12.6. The van der Waals surface area contributed by atoms with E-state index in [1.807, 2.05) is 0 Å². The molecular formula is C19H22FN5O5. The van der Waals surface area contributed by atoms with E-state index in [4.69, 9.17) is 4.74 Å². The van der Waals surface area contributed by atoms with Crippen molar-refractivity contribution in [1.29, 1.82) is 0 Å². The minimum atomic E-state index is -0.793. The lowest BCUT2D eigenvalue weighted by Crippen LogP contribution is -2.31. The Bertz CT molecular complexity index is 1040. The van der Waals surface area contributed by atoms with Crippen LogP contribution in [-0.4, -0.2) is 60.3 Å². The molecule has 11 heteroatoms. The van der Waals surface area contributed by atoms with E-state index in [1.165, 1.54) is 23.7 Å². The second kappa shape index (κ2) is 8.91. The summed E-state index contributed by atoms with van der Waals surface area (Å²) < 4.78 is 19.8. The number of nitrogens with one attached hydrogen (secondary N) is 2. The van der Waals surface area contributed by atoms with Gasteiger partial charge in [0.2, 0.25) is 11.7 Å². The highest BCUT2D eigenvalue weighted by molar-refractivity contribution is 5.97. The zero-order chi connectivity index (χ0) is 21.8. The molecule has 2 aromatic rings. The molecule has 1 aliphatic heterocycles. The van der Waals surface area contributed by atoms with Crippen LogP contribution in [0.3, 0.4) is 0 Å². The molecule has 0 fully saturated rings. The number of aromatic hydroxyl groups is 1. The van der Waals surface area contributed by atoms with Crippen molar-refractivity contribution in [2.75, 3.05) is 38.8 Å². The molecule has 2 amide bonds. The second-order valence-electron chi connectivity index (χ2n) is 6.61. The maximum Gasteiger partial charge on any atom is 0.298 e. The van der Waals surface area contributed by atoms with Gasteiger partial charge in [0.25, 0.3) is 17.4 Å². The molecule has 0 saturated carbocycles. The molecule has 0 aliphatic carbocycles. The summed E-state index contributed by atoms with van der Waals surface area (Å²) in [6.07, 6.45) is 0. The van der Waals surface area contributed by atoms with E-state index in [1.54, 1.807) is 12.0 Å². The quantitative estimate of drug-likeness (QED) is 0.570. The fourth-order valence-corrected chi connectivity index (χ4v) is 3.18. The van der Waals surface area contributed by atoms with Crippen LogP contribution in [0.25, 0.3) is 0 Å². The van der Waals surface area contributed by atoms with Gasteiger partial charge < -0.3 is 25.4 Å². The average Bonchev–Trinajstić information content (AvgIpc) is 3.15. The fourth-order valence-electron chi connectivity index (χ4n) is 3.18. The first-order valence-electron chi connectivity index (χ1n) is 9.23. The maximum atomic E-state index is 13.5. The summed E-state index contributed by atoms with van der Waals surface area (Å²) >= 11 is 0. The third-order valence-electron chi connectivity index (χ3n) is 4.77. The lowest BCUT2D eigenvalue weighted by atomic mass is 10.1. The first-order valence-corrected chi connectivity index (χ1v) is 9.23. The van der Waals surface area contributed by atoms with Crippen molar-refractivity contribution in [2.24, 2.45) is 0 Å². The molecular weight excluding hydrogens is 397 g/mol. The highest BCUT2D eigenvalue weighted by Gasteiger charge is 2.28. The van der Waals surface area contributed by atoms with Gasteiger partial charge in [0.05, 0.1) is 6.61 Å². The van der Waals surface area contributed by atoms with Crippen molar-refractivity contribution >= 4 is 17.8 Å². The van der Waals surface area contributed by atoms with Gasteiger partial charge >= 0.3 is 0 Å². The van der Waals surface area contributed by atoms with Crippen LogP contribution < -0.4 is 21.1 Å². The molecule has 0 spiro atoms. The summed E-state index contributed by atoms with van der Waals surface area (Å²) in [6.45, 7) is 1.59. The van der Waals surface area contributed by atoms with Gasteiger partial charge in [-0.1, -0.05) is 6.07 Å². The number of halogens is 1. The number of amides is 2. The van der Waals surface area contributed by atoms with E-state index < -0.39 is 34.6 Å². The van der Waals surface area contributed by atoms with Crippen LogP contribution >= 0.6 is 0 Å². The molecule has 0 bridgehead atoms. The smallest absolute Gasteiger partial charge is 0.298 e. The van der Waals surface area contributed by atoms with Crippen molar-refractivity contribution in [3.05, 3.63) is 51.2 Å². The Morgan fingerprint density at radius 3 is 2.77 bits per heavy atom. The van der Waals surface area contributed by atoms with Crippen LogP contribution in [0.1, 0.15) is 26.4 Å². The molecule has 1 aromatic heterocycles. The number of benzene rings is 1. The van der Waals surface area contributed by atoms with Gasteiger partial charge in [-0.3, -0.25) is 19.0 Å². The zero-order valence-corrected chi connectivity index (χ0v) is 16.6. The van der Waals surface area contributed by atoms with Crippen LogP contribution in [0.15, 0.2) is 23.0 Å². The van der Waals surface area contributed by atoms with Crippen molar-refractivity contribution in [3.63, 3.8) is 0 Å². The molecule has 30 heavy (non-hydrogen) atoms. The zero-order valence-electron chi connectivity index (χ0n) is 16.6. The third-order valence-corrected chi connectivity index (χ3v) is 4.77. The number of aromatic nitrogens is 2. The number of hydrogen-bond donors (Lipinski definition) is 3. The van der Waals surface area contributed by atoms with E-state index in [-0.39, 0.29) is 18.1 Å². The minimum absolute atomic E-state index is 0.0646. The largest absolute Gasteiger partial charge is 0.501 e. The fraction of sp³-hybridized carbons (Fsp3) is 0.368. The highest BCUT2D eigenvalue weighted by atomic mass is 19.1. The number of anilines is 1. The molecule has 160 valence electrons. The number of fused-ring (bicyclic) bond motifs is 1. The van der Waals surface area contributed by atoms with E-state index in [0.29, 0.717) is 31.8 Å². The monoisotopic (exact) mass is 419 g/mol. The molecule has 0 atom stereocenters. The van der Waals surface area contributed by atoms with Gasteiger partial charge in [0.15, 0.2) is 5.69 Å². The Kier molecular flexibility index (Phi) is 6.31. The molecule has 0 radical (unpaired) electrons. The Morgan fingerprint density at radius 1 is 1.30 bits per heavy atom. The lowest BCUT2D eigenvalue weighted by Gasteiger charge is -2.17. The molecule has 1 aromatic carbocycles. The number of carbonyl (C=O) groups excluding carboxylic acids is 2. The number of ether oxygens (including phenoxy) is 1. The van der Waals surface area contributed by atoms with E-state index in [0.717, 1.165) is 6.07 Å². The Hall–Kier alpha value is -3.47. The summed E-state index contributed by atoms with van der Waals surface area (Å²) in [7, 11) is 2.96. The molecule has 2 heterocycles. The number of rotatable bonds is 7. The second-order valence-corrected chi connectivity index (χ2v) is 6.61. The average molecular weight is 419 g/mol. The summed E-state index contributed by atoms with van der Waals surface area (Å²) in [4.78, 5) is 43.0. The van der Waals surface area contributed by atoms with Gasteiger partial charge in [0, 0.05) is 45.9 Å². The lowest BCUT2D eigenvalue weighted by molar-refractivity contribution is 0.0933. The van der Waals surface area contributed by atoms with Crippen molar-refractivity contribution in [3.8, 4) is 5.75 Å². The highest BCUT2D eigenvalue weighted by Crippen LogP contribution is 2.21. The van der Waals surface area contributed by atoms with Crippen LogP contribution in [0.4, 0.5) is 10.3 Å². The van der Waals surface area contributed by atoms with E-state index in [2.05, 4.69) is 15.6 Å². The predicted molar refractivity (Wildman–Crippen MR) is 105 cm³/mol. The van der Waals surface area contributed by atoms with Gasteiger partial charge in [-0.15, -0.1) is 0 Å². The number of carbonyl (C=O) groups is 2. The van der Waals surface area contributed by atoms with Gasteiger partial charge in [-0.2, -0.15) is 0 Å². The Balaban J connectivity index is 1.84. The summed E-state index contributed by atoms with van der Waals surface area (Å²) in [5.74, 6) is -2.38. The van der Waals surface area contributed by atoms with E-state index in [9.17, 15) is 23.9 Å². The van der Waals surface area contributed by atoms with Crippen LogP contribution in [0.5, 0.6) is 5.75 Å². The molecule has 1 aliphatic rings. The molecule has 3 rings (SSSR count). The van der Waals surface area contributed by atoms with Crippen molar-refractivity contribution in [1.82, 2.24) is 20.2 Å². The van der Waals surface area contributed by atoms with Crippen LogP contribution in [0.2, 0.25) is 0 Å². The van der Waals surface area contributed by atoms with Gasteiger partial charge in [0.1, 0.15) is 5.82 Å². The van der Waals surface area contributed by atoms with Crippen LogP contribution in [0, 0.1) is 5.82 Å². The maximum absolute atomic E-state index is 13.5. The molecule has 0 saturated heterocycles. The van der Waals surface area contributed by atoms with Gasteiger partial charge in [-0.25, -0.2) is 9.37 Å².